The van der Waals surface area contributed by atoms with E-state index in [0.717, 1.165) is 6.42 Å². The summed E-state index contributed by atoms with van der Waals surface area (Å²) in [6.07, 6.45) is 0.779. The molecule has 5 heteroatoms. The largest absolute Gasteiger partial charge is 0.339 e. The molecule has 1 aliphatic rings. The van der Waals surface area contributed by atoms with Gasteiger partial charge in [-0.25, -0.2) is 4.39 Å². The molecule has 0 amide bonds. The third kappa shape index (κ3) is 1.78. The van der Waals surface area contributed by atoms with E-state index >= 15 is 0 Å². The van der Waals surface area contributed by atoms with E-state index in [9.17, 15) is 4.39 Å². The summed E-state index contributed by atoms with van der Waals surface area (Å²) in [6, 6.07) is 8.05. The number of hydrogen-bond donors (Lipinski definition) is 0. The fraction of sp³-hybridized carbons (Fsp3) is 0.250. The fourth-order valence-corrected chi connectivity index (χ4v) is 1.71. The Bertz CT molecular complexity index is 585. The van der Waals surface area contributed by atoms with Crippen molar-refractivity contribution in [2.24, 2.45) is 5.92 Å². The van der Waals surface area contributed by atoms with Crippen LogP contribution in [0, 0.1) is 23.1 Å². The van der Waals surface area contributed by atoms with Crippen LogP contribution in [0.2, 0.25) is 0 Å². The summed E-state index contributed by atoms with van der Waals surface area (Å²) in [6.45, 7) is 0. The Labute approximate surface area is 96.7 Å². The molecular formula is C12H8FN3O. The predicted octanol–water partition coefficient (Wildman–Crippen LogP) is 2.50. The monoisotopic (exact) mass is 229 g/mol. The summed E-state index contributed by atoms with van der Waals surface area (Å²) in [5.74, 6) is 0.696. The van der Waals surface area contributed by atoms with Crippen LogP contribution in [-0.2, 0) is 0 Å². The van der Waals surface area contributed by atoms with Crippen molar-refractivity contribution in [3.8, 4) is 17.5 Å². The first-order valence-electron chi connectivity index (χ1n) is 5.27. The molecule has 1 fully saturated rings. The van der Waals surface area contributed by atoms with Gasteiger partial charge in [-0.05, 0) is 30.7 Å². The van der Waals surface area contributed by atoms with Gasteiger partial charge in [-0.3, -0.25) is 0 Å². The second-order valence-corrected chi connectivity index (χ2v) is 4.04. The van der Waals surface area contributed by atoms with E-state index in [1.807, 2.05) is 0 Å². The van der Waals surface area contributed by atoms with Gasteiger partial charge in [-0.1, -0.05) is 5.16 Å². The van der Waals surface area contributed by atoms with Crippen LogP contribution >= 0.6 is 0 Å². The second kappa shape index (κ2) is 3.67. The summed E-state index contributed by atoms with van der Waals surface area (Å²) in [4.78, 5) is 4.22. The van der Waals surface area contributed by atoms with E-state index in [2.05, 4.69) is 16.2 Å². The molecule has 0 aliphatic heterocycles. The summed E-state index contributed by atoms with van der Waals surface area (Å²) < 4.78 is 17.8. The highest BCUT2D eigenvalue weighted by Gasteiger charge is 2.43. The van der Waals surface area contributed by atoms with Gasteiger partial charge in [0.1, 0.15) is 5.82 Å². The molecule has 4 nitrogen and oxygen atoms in total. The topological polar surface area (TPSA) is 62.7 Å². The van der Waals surface area contributed by atoms with Crippen molar-refractivity contribution >= 4 is 0 Å². The maximum Gasteiger partial charge on any atom is 0.231 e. The normalized spacial score (nSPS) is 22.1. The minimum Gasteiger partial charge on any atom is -0.339 e. The van der Waals surface area contributed by atoms with Gasteiger partial charge in [-0.2, -0.15) is 10.2 Å². The van der Waals surface area contributed by atoms with Crippen molar-refractivity contribution in [3.05, 3.63) is 36.0 Å². The molecule has 1 saturated carbocycles. The first-order chi connectivity index (χ1) is 8.28. The Morgan fingerprint density at radius 3 is 2.76 bits per heavy atom. The summed E-state index contributed by atoms with van der Waals surface area (Å²) >= 11 is 0. The molecule has 2 unspecified atom stereocenters. The molecule has 3 rings (SSSR count). The molecule has 0 spiro atoms. The summed E-state index contributed by atoms with van der Waals surface area (Å²) in [5, 5.41) is 12.5. The highest BCUT2D eigenvalue weighted by Crippen LogP contribution is 2.46. The lowest BCUT2D eigenvalue weighted by Crippen LogP contribution is -1.84. The number of nitrogens with zero attached hydrogens (tertiary/aromatic N) is 3. The molecule has 17 heavy (non-hydrogen) atoms. The molecule has 1 aliphatic carbocycles. The minimum absolute atomic E-state index is 0.00322. The SMILES string of the molecule is N#CC1CC1c1nc(-c2ccc(F)cc2)no1. The highest BCUT2D eigenvalue weighted by atomic mass is 19.1. The first kappa shape index (κ1) is 9.97. The molecule has 0 radical (unpaired) electrons. The van der Waals surface area contributed by atoms with Gasteiger partial charge in [0, 0.05) is 5.56 Å². The Balaban J connectivity index is 1.86. The molecule has 0 saturated heterocycles. The van der Waals surface area contributed by atoms with Crippen LogP contribution in [0.5, 0.6) is 0 Å². The van der Waals surface area contributed by atoms with Gasteiger partial charge in [0.15, 0.2) is 0 Å². The van der Waals surface area contributed by atoms with Crippen molar-refractivity contribution in [2.45, 2.75) is 12.3 Å². The maximum absolute atomic E-state index is 12.7. The maximum atomic E-state index is 12.7. The fourth-order valence-electron chi connectivity index (χ4n) is 1.71. The second-order valence-electron chi connectivity index (χ2n) is 4.04. The molecule has 2 aromatic rings. The minimum atomic E-state index is -0.302. The number of aromatic nitrogens is 2. The third-order valence-corrected chi connectivity index (χ3v) is 2.82. The molecule has 2 atom stereocenters. The van der Waals surface area contributed by atoms with Crippen molar-refractivity contribution in [3.63, 3.8) is 0 Å². The van der Waals surface area contributed by atoms with E-state index < -0.39 is 0 Å². The highest BCUT2D eigenvalue weighted by molar-refractivity contribution is 5.53. The summed E-state index contributed by atoms with van der Waals surface area (Å²) in [5.41, 5.74) is 0.704. The zero-order chi connectivity index (χ0) is 11.8. The van der Waals surface area contributed by atoms with Gasteiger partial charge in [0.2, 0.25) is 11.7 Å². The Hall–Kier alpha value is -2.22. The number of halogens is 1. The van der Waals surface area contributed by atoms with E-state index in [0.29, 0.717) is 17.3 Å². The smallest absolute Gasteiger partial charge is 0.231 e. The van der Waals surface area contributed by atoms with Gasteiger partial charge in [-0.15, -0.1) is 0 Å². The average molecular weight is 229 g/mol. The Morgan fingerprint density at radius 2 is 2.12 bits per heavy atom. The van der Waals surface area contributed by atoms with Crippen molar-refractivity contribution in [2.75, 3.05) is 0 Å². The lowest BCUT2D eigenvalue weighted by atomic mass is 10.2. The molecular weight excluding hydrogens is 221 g/mol. The van der Waals surface area contributed by atoms with E-state index in [-0.39, 0.29) is 17.7 Å². The van der Waals surface area contributed by atoms with Gasteiger partial charge in [0.05, 0.1) is 17.9 Å². The zero-order valence-corrected chi connectivity index (χ0v) is 8.80. The van der Waals surface area contributed by atoms with E-state index in [1.54, 1.807) is 12.1 Å². The molecule has 0 N–H and O–H groups in total. The van der Waals surface area contributed by atoms with Crippen molar-refractivity contribution in [1.29, 1.82) is 5.26 Å². The van der Waals surface area contributed by atoms with Crippen LogP contribution in [-0.4, -0.2) is 10.1 Å². The quantitative estimate of drug-likeness (QED) is 0.793. The van der Waals surface area contributed by atoms with E-state index in [1.165, 1.54) is 12.1 Å². The molecule has 0 bridgehead atoms. The molecule has 1 heterocycles. The molecule has 1 aromatic heterocycles. The van der Waals surface area contributed by atoms with Crippen LogP contribution in [0.4, 0.5) is 4.39 Å². The third-order valence-electron chi connectivity index (χ3n) is 2.82. The first-order valence-corrected chi connectivity index (χ1v) is 5.27. The Morgan fingerprint density at radius 1 is 1.35 bits per heavy atom. The van der Waals surface area contributed by atoms with Crippen LogP contribution in [0.1, 0.15) is 18.2 Å². The Kier molecular flexibility index (Phi) is 2.15. The molecule has 1 aromatic carbocycles. The van der Waals surface area contributed by atoms with Crippen molar-refractivity contribution in [1.82, 2.24) is 10.1 Å². The zero-order valence-electron chi connectivity index (χ0n) is 8.80. The summed E-state index contributed by atoms with van der Waals surface area (Å²) in [7, 11) is 0. The number of nitriles is 1. The predicted molar refractivity (Wildman–Crippen MR) is 56.2 cm³/mol. The number of hydrogen-bond acceptors (Lipinski definition) is 4. The number of benzene rings is 1. The van der Waals surface area contributed by atoms with Gasteiger partial charge >= 0.3 is 0 Å². The average Bonchev–Trinajstić information content (AvgIpc) is 2.99. The standard InChI is InChI=1S/C12H8FN3O/c13-9-3-1-7(2-4-9)11-15-12(17-16-11)10-5-8(10)6-14/h1-4,8,10H,5H2. The lowest BCUT2D eigenvalue weighted by molar-refractivity contribution is 0.378. The molecule has 84 valence electrons. The van der Waals surface area contributed by atoms with Gasteiger partial charge in [0.25, 0.3) is 0 Å². The number of rotatable bonds is 2. The van der Waals surface area contributed by atoms with E-state index in [4.69, 9.17) is 9.78 Å². The lowest BCUT2D eigenvalue weighted by Gasteiger charge is -1.92. The van der Waals surface area contributed by atoms with Crippen LogP contribution in [0.25, 0.3) is 11.4 Å². The van der Waals surface area contributed by atoms with Crippen molar-refractivity contribution < 1.29 is 8.91 Å². The van der Waals surface area contributed by atoms with Crippen LogP contribution < -0.4 is 0 Å². The van der Waals surface area contributed by atoms with Gasteiger partial charge < -0.3 is 4.52 Å². The van der Waals surface area contributed by atoms with Crippen LogP contribution in [0.3, 0.4) is 0 Å². The van der Waals surface area contributed by atoms with Crippen LogP contribution in [0.15, 0.2) is 28.8 Å².